The van der Waals surface area contributed by atoms with E-state index in [0.29, 0.717) is 17.1 Å². The van der Waals surface area contributed by atoms with Gasteiger partial charge in [-0.25, -0.2) is 9.59 Å². The van der Waals surface area contributed by atoms with E-state index in [1.54, 1.807) is 25.3 Å². The van der Waals surface area contributed by atoms with E-state index >= 15 is 0 Å². The van der Waals surface area contributed by atoms with E-state index in [4.69, 9.17) is 14.2 Å². The van der Waals surface area contributed by atoms with Crippen molar-refractivity contribution in [2.75, 3.05) is 20.8 Å². The molecule has 1 aliphatic carbocycles. The van der Waals surface area contributed by atoms with Crippen LogP contribution in [0.3, 0.4) is 0 Å². The van der Waals surface area contributed by atoms with E-state index in [2.05, 4.69) is 12.1 Å². The van der Waals surface area contributed by atoms with Crippen molar-refractivity contribution < 1.29 is 28.9 Å². The predicted molar refractivity (Wildman–Crippen MR) is 152 cm³/mol. The van der Waals surface area contributed by atoms with Gasteiger partial charge < -0.3 is 19.3 Å². The second kappa shape index (κ2) is 11.9. The Morgan fingerprint density at radius 1 is 0.825 bits per heavy atom. The molecule has 7 heteroatoms. The molecule has 1 amide bonds. The Hall–Kier alpha value is -4.78. The summed E-state index contributed by atoms with van der Waals surface area (Å²) in [5.41, 5.74) is 5.83. The Labute approximate surface area is 233 Å². The fourth-order valence-electron chi connectivity index (χ4n) is 5.31. The smallest absolute Gasteiger partial charge is 0.410 e. The average molecular weight is 538 g/mol. The van der Waals surface area contributed by atoms with E-state index in [0.717, 1.165) is 27.8 Å². The Balaban J connectivity index is 1.45. The van der Waals surface area contributed by atoms with Gasteiger partial charge in [-0.1, -0.05) is 78.9 Å². The third-order valence-corrected chi connectivity index (χ3v) is 7.34. The molecular weight excluding hydrogens is 506 g/mol. The number of carboxylic acids is 1. The predicted octanol–water partition coefficient (Wildman–Crippen LogP) is 6.15. The largest absolute Gasteiger partial charge is 0.497 e. The van der Waals surface area contributed by atoms with Crippen LogP contribution in [-0.4, -0.2) is 48.9 Å². The maximum Gasteiger partial charge on any atom is 0.410 e. The number of rotatable bonds is 10. The summed E-state index contributed by atoms with van der Waals surface area (Å²) in [6.45, 7) is 0.0639. The molecule has 4 aromatic carbocycles. The number of carbonyl (C=O) groups is 2. The van der Waals surface area contributed by atoms with Crippen molar-refractivity contribution in [1.29, 1.82) is 0 Å². The zero-order chi connectivity index (χ0) is 28.1. The normalized spacial score (nSPS) is 12.7. The summed E-state index contributed by atoms with van der Waals surface area (Å²) in [6, 6.07) is 29.5. The molecule has 0 radical (unpaired) electrons. The number of fused-ring (bicyclic) bond motifs is 3. The van der Waals surface area contributed by atoms with Crippen LogP contribution in [0.4, 0.5) is 4.79 Å². The lowest BCUT2D eigenvalue weighted by Gasteiger charge is -2.29. The Morgan fingerprint density at radius 2 is 1.45 bits per heavy atom. The van der Waals surface area contributed by atoms with Gasteiger partial charge in [0.2, 0.25) is 0 Å². The molecule has 0 saturated heterocycles. The van der Waals surface area contributed by atoms with Gasteiger partial charge in [-0.2, -0.15) is 0 Å². The van der Waals surface area contributed by atoms with Crippen molar-refractivity contribution in [2.24, 2.45) is 0 Å². The van der Waals surface area contributed by atoms with Crippen LogP contribution in [0.25, 0.3) is 11.1 Å². The summed E-state index contributed by atoms with van der Waals surface area (Å²) in [5, 5.41) is 10.3. The Kier molecular flexibility index (Phi) is 8.01. The first-order chi connectivity index (χ1) is 19.5. The first-order valence-electron chi connectivity index (χ1n) is 13.1. The highest BCUT2D eigenvalue weighted by molar-refractivity contribution is 5.81. The maximum atomic E-state index is 13.8. The van der Waals surface area contributed by atoms with Gasteiger partial charge in [-0.15, -0.1) is 0 Å². The molecule has 1 N–H and O–H groups in total. The molecule has 0 spiro atoms. The molecule has 1 aliphatic rings. The molecule has 204 valence electrons. The lowest BCUT2D eigenvalue weighted by molar-refractivity contribution is -0.143. The minimum absolute atomic E-state index is 0.0202. The van der Waals surface area contributed by atoms with E-state index in [9.17, 15) is 14.7 Å². The van der Waals surface area contributed by atoms with Crippen molar-refractivity contribution in [3.05, 3.63) is 119 Å². The number of methoxy groups -OCH3 is 2. The summed E-state index contributed by atoms with van der Waals surface area (Å²) < 4.78 is 16.8. The van der Waals surface area contributed by atoms with Gasteiger partial charge in [0.15, 0.2) is 0 Å². The van der Waals surface area contributed by atoms with Crippen LogP contribution in [0, 0.1) is 0 Å². The van der Waals surface area contributed by atoms with Gasteiger partial charge in [0.05, 0.1) is 20.8 Å². The minimum atomic E-state index is -1.16. The maximum absolute atomic E-state index is 13.8. The first kappa shape index (κ1) is 26.8. The molecule has 5 rings (SSSR count). The van der Waals surface area contributed by atoms with Crippen LogP contribution < -0.4 is 9.47 Å². The molecule has 40 heavy (non-hydrogen) atoms. The van der Waals surface area contributed by atoms with Crippen LogP contribution in [-0.2, 0) is 22.5 Å². The Morgan fingerprint density at radius 3 is 2.05 bits per heavy atom. The molecule has 0 unspecified atom stereocenters. The number of benzene rings is 4. The molecule has 0 bridgehead atoms. The highest BCUT2D eigenvalue weighted by Crippen LogP contribution is 2.44. The summed E-state index contributed by atoms with van der Waals surface area (Å²) in [4.78, 5) is 27.6. The first-order valence-corrected chi connectivity index (χ1v) is 13.1. The van der Waals surface area contributed by atoms with E-state index in [1.807, 2.05) is 66.7 Å². The minimum Gasteiger partial charge on any atom is -0.497 e. The second-order valence-corrected chi connectivity index (χ2v) is 9.65. The quantitative estimate of drug-likeness (QED) is 0.261. The number of hydrogen-bond donors (Lipinski definition) is 1. The topological polar surface area (TPSA) is 85.3 Å². The number of carbonyl (C=O) groups excluding carboxylic acids is 1. The van der Waals surface area contributed by atoms with Crippen molar-refractivity contribution in [3.8, 4) is 22.6 Å². The van der Waals surface area contributed by atoms with Gasteiger partial charge in [-0.05, 0) is 39.9 Å². The van der Waals surface area contributed by atoms with Gasteiger partial charge in [0, 0.05) is 24.0 Å². The third kappa shape index (κ3) is 5.50. The number of carboxylic acid groups (broad SMARTS) is 1. The van der Waals surface area contributed by atoms with Crippen LogP contribution in [0.15, 0.2) is 97.1 Å². The number of hydrogen-bond acceptors (Lipinski definition) is 5. The monoisotopic (exact) mass is 537 g/mol. The fourth-order valence-corrected chi connectivity index (χ4v) is 5.31. The lowest BCUT2D eigenvalue weighted by atomic mass is 9.98. The zero-order valence-electron chi connectivity index (χ0n) is 22.4. The van der Waals surface area contributed by atoms with Gasteiger partial charge >= 0.3 is 12.1 Å². The highest BCUT2D eigenvalue weighted by Gasteiger charge is 2.34. The van der Waals surface area contributed by atoms with Crippen LogP contribution >= 0.6 is 0 Å². The van der Waals surface area contributed by atoms with E-state index in [1.165, 1.54) is 12.0 Å². The molecule has 0 aliphatic heterocycles. The third-order valence-electron chi connectivity index (χ3n) is 7.34. The molecule has 7 nitrogen and oxygen atoms in total. The number of ether oxygens (including phenoxy) is 3. The van der Waals surface area contributed by atoms with Crippen molar-refractivity contribution in [2.45, 2.75) is 24.9 Å². The van der Waals surface area contributed by atoms with Crippen molar-refractivity contribution >= 4 is 12.1 Å². The SMILES string of the molecule is COc1ccc(CN(C(=O)OCC2c3ccccc3-c3ccccc32)[C@@H](Cc2ccccc2)C(=O)O)c(OC)c1. The highest BCUT2D eigenvalue weighted by atomic mass is 16.6. The molecule has 0 saturated carbocycles. The number of amides is 1. The molecule has 0 fully saturated rings. The fraction of sp³-hybridized carbons (Fsp3) is 0.212. The van der Waals surface area contributed by atoms with E-state index < -0.39 is 18.1 Å². The Bertz CT molecular complexity index is 1460. The summed E-state index contributed by atoms with van der Waals surface area (Å²) in [6.07, 6.45) is -0.582. The molecule has 1 atom stereocenters. The average Bonchev–Trinajstić information content (AvgIpc) is 3.31. The standard InChI is InChI=1S/C33H31NO6/c1-38-24-17-16-23(31(19-24)39-2)20-34(30(32(35)36)18-22-10-4-3-5-11-22)33(37)40-21-29-27-14-8-6-12-25(27)26-13-7-9-15-28(26)29/h3-17,19,29-30H,18,20-21H2,1-2H3,(H,35,36)/t30-/m0/s1. The molecular formula is C33H31NO6. The second-order valence-electron chi connectivity index (χ2n) is 9.65. The van der Waals surface area contributed by atoms with Crippen LogP contribution in [0.2, 0.25) is 0 Å². The number of nitrogens with zero attached hydrogens (tertiary/aromatic N) is 1. The van der Waals surface area contributed by atoms with Crippen LogP contribution in [0.1, 0.15) is 28.2 Å². The zero-order valence-corrected chi connectivity index (χ0v) is 22.4. The van der Waals surface area contributed by atoms with Crippen molar-refractivity contribution in [1.82, 2.24) is 4.90 Å². The number of aliphatic carboxylic acids is 1. The molecule has 0 heterocycles. The van der Waals surface area contributed by atoms with Crippen molar-refractivity contribution in [3.63, 3.8) is 0 Å². The molecule has 4 aromatic rings. The van der Waals surface area contributed by atoms with Gasteiger partial charge in [0.25, 0.3) is 0 Å². The van der Waals surface area contributed by atoms with E-state index in [-0.39, 0.29) is 25.5 Å². The van der Waals surface area contributed by atoms with Crippen LogP contribution in [0.5, 0.6) is 11.5 Å². The summed E-state index contributed by atoms with van der Waals surface area (Å²) >= 11 is 0. The molecule has 0 aromatic heterocycles. The lowest BCUT2D eigenvalue weighted by Crippen LogP contribution is -2.46. The van der Waals surface area contributed by atoms with Gasteiger partial charge in [0.1, 0.15) is 24.1 Å². The summed E-state index contributed by atoms with van der Waals surface area (Å²) in [7, 11) is 3.08. The van der Waals surface area contributed by atoms with Gasteiger partial charge in [-0.3, -0.25) is 4.90 Å². The summed E-state index contributed by atoms with van der Waals surface area (Å²) in [5.74, 6) is -0.192.